The second kappa shape index (κ2) is 6.40. The van der Waals surface area contributed by atoms with Gasteiger partial charge in [-0.2, -0.15) is 0 Å². The zero-order valence-corrected chi connectivity index (χ0v) is 15.2. The SMILES string of the molecule is O=c1[nH]c2cc(Cl)ccc2c(N[C@H]2CCNC2)c1-c1nc2ccccc2[nH]1. The highest BCUT2D eigenvalue weighted by Crippen LogP contribution is 2.32. The summed E-state index contributed by atoms with van der Waals surface area (Å²) in [6.45, 7) is 1.83. The molecule has 1 atom stereocenters. The molecular weight excluding hydrogens is 362 g/mol. The van der Waals surface area contributed by atoms with E-state index in [0.717, 1.165) is 41.6 Å². The van der Waals surface area contributed by atoms with Gasteiger partial charge < -0.3 is 20.6 Å². The Morgan fingerprint density at radius 3 is 2.81 bits per heavy atom. The Labute approximate surface area is 160 Å². The zero-order chi connectivity index (χ0) is 18.4. The van der Waals surface area contributed by atoms with Crippen LogP contribution in [0.4, 0.5) is 5.69 Å². The highest BCUT2D eigenvalue weighted by atomic mass is 35.5. The van der Waals surface area contributed by atoms with Gasteiger partial charge in [0.2, 0.25) is 0 Å². The van der Waals surface area contributed by atoms with Crippen LogP contribution in [0.15, 0.2) is 47.3 Å². The van der Waals surface area contributed by atoms with Gasteiger partial charge in [-0.25, -0.2) is 4.98 Å². The molecule has 1 saturated heterocycles. The van der Waals surface area contributed by atoms with E-state index in [1.165, 1.54) is 0 Å². The summed E-state index contributed by atoms with van der Waals surface area (Å²) in [5.74, 6) is 0.558. The molecule has 0 aliphatic carbocycles. The molecule has 5 rings (SSSR count). The van der Waals surface area contributed by atoms with Crippen molar-refractivity contribution in [1.82, 2.24) is 20.3 Å². The smallest absolute Gasteiger partial charge is 0.261 e. The van der Waals surface area contributed by atoms with E-state index in [4.69, 9.17) is 11.6 Å². The Morgan fingerprint density at radius 2 is 2.00 bits per heavy atom. The lowest BCUT2D eigenvalue weighted by Gasteiger charge is -2.18. The minimum atomic E-state index is -0.197. The molecule has 0 spiro atoms. The van der Waals surface area contributed by atoms with Gasteiger partial charge in [0.25, 0.3) is 5.56 Å². The van der Waals surface area contributed by atoms with Crippen LogP contribution in [0.25, 0.3) is 33.3 Å². The van der Waals surface area contributed by atoms with Crippen LogP contribution in [-0.4, -0.2) is 34.1 Å². The highest BCUT2D eigenvalue weighted by Gasteiger charge is 2.22. The molecular formula is C20H18ClN5O. The van der Waals surface area contributed by atoms with Crippen LogP contribution in [0.2, 0.25) is 5.02 Å². The predicted molar refractivity (Wildman–Crippen MR) is 110 cm³/mol. The van der Waals surface area contributed by atoms with E-state index < -0.39 is 0 Å². The molecule has 136 valence electrons. The van der Waals surface area contributed by atoms with Crippen molar-refractivity contribution in [3.63, 3.8) is 0 Å². The van der Waals surface area contributed by atoms with Crippen molar-refractivity contribution < 1.29 is 0 Å². The first-order valence-electron chi connectivity index (χ1n) is 8.97. The Bertz CT molecular complexity index is 1170. The average Bonchev–Trinajstić information content (AvgIpc) is 3.30. The van der Waals surface area contributed by atoms with Crippen molar-refractivity contribution in [2.75, 3.05) is 18.4 Å². The van der Waals surface area contributed by atoms with Crippen molar-refractivity contribution >= 4 is 39.2 Å². The van der Waals surface area contributed by atoms with Crippen molar-refractivity contribution in [3.8, 4) is 11.4 Å². The Hall–Kier alpha value is -2.83. The van der Waals surface area contributed by atoms with Crippen LogP contribution >= 0.6 is 11.6 Å². The van der Waals surface area contributed by atoms with Gasteiger partial charge in [-0.15, -0.1) is 0 Å². The van der Waals surface area contributed by atoms with Gasteiger partial charge in [0.1, 0.15) is 11.4 Å². The number of para-hydroxylation sites is 2. The van der Waals surface area contributed by atoms with Crippen molar-refractivity contribution in [3.05, 3.63) is 57.8 Å². The second-order valence-corrected chi connectivity index (χ2v) is 7.27. The van der Waals surface area contributed by atoms with Gasteiger partial charge in [0, 0.05) is 23.0 Å². The number of hydrogen-bond donors (Lipinski definition) is 4. The minimum absolute atomic E-state index is 0.197. The number of nitrogens with zero attached hydrogens (tertiary/aromatic N) is 1. The molecule has 7 heteroatoms. The lowest BCUT2D eigenvalue weighted by atomic mass is 10.1. The molecule has 0 radical (unpaired) electrons. The number of H-pyrrole nitrogens is 2. The molecule has 1 aliphatic rings. The van der Waals surface area contributed by atoms with E-state index in [1.807, 2.05) is 36.4 Å². The summed E-state index contributed by atoms with van der Waals surface area (Å²) in [4.78, 5) is 23.9. The molecule has 3 heterocycles. The van der Waals surface area contributed by atoms with E-state index >= 15 is 0 Å². The highest BCUT2D eigenvalue weighted by molar-refractivity contribution is 6.31. The maximum atomic E-state index is 13.0. The molecule has 0 unspecified atom stereocenters. The van der Waals surface area contributed by atoms with Crippen molar-refractivity contribution in [2.24, 2.45) is 0 Å². The molecule has 27 heavy (non-hydrogen) atoms. The van der Waals surface area contributed by atoms with E-state index in [9.17, 15) is 4.79 Å². The zero-order valence-electron chi connectivity index (χ0n) is 14.5. The van der Waals surface area contributed by atoms with Gasteiger partial charge in [0.05, 0.1) is 22.2 Å². The number of hydrogen-bond acceptors (Lipinski definition) is 4. The first-order chi connectivity index (χ1) is 13.2. The third kappa shape index (κ3) is 2.87. The van der Waals surface area contributed by atoms with Crippen LogP contribution in [0.1, 0.15) is 6.42 Å². The summed E-state index contributed by atoms with van der Waals surface area (Å²) >= 11 is 6.13. The number of anilines is 1. The first-order valence-corrected chi connectivity index (χ1v) is 9.35. The van der Waals surface area contributed by atoms with E-state index in [1.54, 1.807) is 6.07 Å². The number of rotatable bonds is 3. The number of fused-ring (bicyclic) bond motifs is 2. The molecule has 0 bridgehead atoms. The molecule has 6 nitrogen and oxygen atoms in total. The van der Waals surface area contributed by atoms with Gasteiger partial charge >= 0.3 is 0 Å². The first kappa shape index (κ1) is 16.4. The number of halogens is 1. The molecule has 0 saturated carbocycles. The largest absolute Gasteiger partial charge is 0.380 e. The Morgan fingerprint density at radius 1 is 1.11 bits per heavy atom. The predicted octanol–water partition coefficient (Wildman–Crippen LogP) is 3.50. The molecule has 2 aromatic carbocycles. The summed E-state index contributed by atoms with van der Waals surface area (Å²) in [5.41, 5.74) is 3.55. The normalized spacial score (nSPS) is 17.0. The number of pyridine rings is 1. The summed E-state index contributed by atoms with van der Waals surface area (Å²) in [6, 6.07) is 13.6. The van der Waals surface area contributed by atoms with Crippen LogP contribution < -0.4 is 16.2 Å². The average molecular weight is 380 g/mol. The quantitative estimate of drug-likeness (QED) is 0.439. The number of benzene rings is 2. The fourth-order valence-electron chi connectivity index (χ4n) is 3.70. The Kier molecular flexibility index (Phi) is 3.88. The van der Waals surface area contributed by atoms with Crippen LogP contribution in [0.5, 0.6) is 0 Å². The lowest BCUT2D eigenvalue weighted by molar-refractivity contribution is 0.794. The maximum absolute atomic E-state index is 13.0. The standard InChI is InChI=1S/C20H18ClN5O/c21-11-5-6-13-16(9-11)26-20(27)17(18(13)23-12-7-8-22-10-12)19-24-14-3-1-2-4-15(14)25-19/h1-6,9,12,22H,7-8,10H2,(H,24,25)(H2,23,26,27)/t12-/m0/s1. The van der Waals surface area contributed by atoms with Crippen LogP contribution in [0, 0.1) is 0 Å². The number of aromatic nitrogens is 3. The van der Waals surface area contributed by atoms with Crippen LogP contribution in [-0.2, 0) is 0 Å². The summed E-state index contributed by atoms with van der Waals surface area (Å²) in [5, 5.41) is 8.43. The summed E-state index contributed by atoms with van der Waals surface area (Å²) in [6.07, 6.45) is 1.00. The number of nitrogens with one attached hydrogen (secondary N) is 4. The molecule has 1 aliphatic heterocycles. The monoisotopic (exact) mass is 379 g/mol. The molecule has 1 fully saturated rings. The third-order valence-electron chi connectivity index (χ3n) is 5.01. The Balaban J connectivity index is 1.77. The second-order valence-electron chi connectivity index (χ2n) is 6.83. The van der Waals surface area contributed by atoms with Gasteiger partial charge in [-0.05, 0) is 43.3 Å². The van der Waals surface area contributed by atoms with Gasteiger partial charge in [-0.1, -0.05) is 23.7 Å². The van der Waals surface area contributed by atoms with Crippen molar-refractivity contribution in [2.45, 2.75) is 12.5 Å². The molecule has 2 aromatic heterocycles. The van der Waals surface area contributed by atoms with Gasteiger partial charge in [-0.3, -0.25) is 4.79 Å². The lowest BCUT2D eigenvalue weighted by Crippen LogP contribution is -2.24. The molecule has 4 N–H and O–H groups in total. The topological polar surface area (TPSA) is 85.6 Å². The fourth-order valence-corrected chi connectivity index (χ4v) is 3.87. The van der Waals surface area contributed by atoms with Crippen molar-refractivity contribution in [1.29, 1.82) is 0 Å². The maximum Gasteiger partial charge on any atom is 0.261 e. The molecule has 4 aromatic rings. The summed E-state index contributed by atoms with van der Waals surface area (Å²) in [7, 11) is 0. The number of imidazole rings is 1. The van der Waals surface area contributed by atoms with E-state index in [2.05, 4.69) is 25.6 Å². The summed E-state index contributed by atoms with van der Waals surface area (Å²) < 4.78 is 0. The van der Waals surface area contributed by atoms with E-state index in [0.29, 0.717) is 21.9 Å². The van der Waals surface area contributed by atoms with E-state index in [-0.39, 0.29) is 11.6 Å². The van der Waals surface area contributed by atoms with Crippen LogP contribution in [0.3, 0.4) is 0 Å². The van der Waals surface area contributed by atoms with Gasteiger partial charge in [0.15, 0.2) is 0 Å². The third-order valence-corrected chi connectivity index (χ3v) is 5.25. The molecule has 0 amide bonds. The minimum Gasteiger partial charge on any atom is -0.380 e. The fraction of sp³-hybridized carbons (Fsp3) is 0.200. The number of aromatic amines is 2.